The van der Waals surface area contributed by atoms with Gasteiger partial charge in [-0.15, -0.1) is 0 Å². The number of para-hydroxylation sites is 2. The highest BCUT2D eigenvalue weighted by Gasteiger charge is 2.40. The maximum absolute atomic E-state index is 7.32. The summed E-state index contributed by atoms with van der Waals surface area (Å²) in [5, 5.41) is 2.24. The van der Waals surface area contributed by atoms with Gasteiger partial charge in [-0.25, -0.2) is 0 Å². The predicted molar refractivity (Wildman–Crippen MR) is 265 cm³/mol. The van der Waals surface area contributed by atoms with Gasteiger partial charge in [0.25, 0.3) is 0 Å². The van der Waals surface area contributed by atoms with E-state index in [4.69, 9.17) is 4.42 Å². The second-order valence-electron chi connectivity index (χ2n) is 22.3. The second kappa shape index (κ2) is 13.3. The molecular weight excluding hydrogens is 751 g/mol. The van der Waals surface area contributed by atoms with Crippen LogP contribution in [-0.4, -0.2) is 0 Å². The Kier molecular flexibility index (Phi) is 8.64. The van der Waals surface area contributed by atoms with E-state index in [0.29, 0.717) is 0 Å². The molecule has 62 heavy (non-hydrogen) atoms. The number of hydrogen-bond acceptors (Lipinski definition) is 2. The molecule has 8 aromatic rings. The minimum Gasteiger partial charge on any atom is -0.453 e. The summed E-state index contributed by atoms with van der Waals surface area (Å²) in [6.07, 6.45) is 0. The van der Waals surface area contributed by atoms with Crippen molar-refractivity contribution in [1.29, 1.82) is 0 Å². The average Bonchev–Trinajstić information content (AvgIpc) is 3.80. The van der Waals surface area contributed by atoms with Gasteiger partial charge < -0.3 is 9.32 Å². The summed E-state index contributed by atoms with van der Waals surface area (Å²) in [6, 6.07) is 50.7. The lowest BCUT2D eigenvalue weighted by Crippen LogP contribution is -2.18. The molecule has 7 aromatic carbocycles. The van der Waals surface area contributed by atoms with Gasteiger partial charge in [0.1, 0.15) is 5.58 Å². The van der Waals surface area contributed by atoms with Crippen LogP contribution < -0.4 is 4.90 Å². The summed E-state index contributed by atoms with van der Waals surface area (Å²) in [7, 11) is 0. The molecule has 0 atom stereocenters. The Hall–Kier alpha value is -5.86. The lowest BCUT2D eigenvalue weighted by Gasteiger charge is -2.29. The molecule has 2 aliphatic rings. The van der Waals surface area contributed by atoms with Crippen LogP contribution >= 0.6 is 0 Å². The monoisotopic (exact) mass is 811 g/mol. The van der Waals surface area contributed by atoms with Crippen molar-refractivity contribution < 1.29 is 4.42 Å². The first kappa shape index (κ1) is 40.2. The van der Waals surface area contributed by atoms with Crippen LogP contribution in [0.3, 0.4) is 0 Å². The van der Waals surface area contributed by atoms with Crippen LogP contribution in [0, 0.1) is 0 Å². The van der Waals surface area contributed by atoms with Crippen molar-refractivity contribution in [2.45, 2.75) is 117 Å². The van der Waals surface area contributed by atoms with E-state index in [-0.39, 0.29) is 27.1 Å². The molecule has 0 radical (unpaired) electrons. The third-order valence-corrected chi connectivity index (χ3v) is 14.3. The van der Waals surface area contributed by atoms with E-state index in [1.54, 1.807) is 0 Å². The molecule has 2 nitrogen and oxygen atoms in total. The minimum absolute atomic E-state index is 0.00262. The second-order valence-corrected chi connectivity index (χ2v) is 22.3. The molecule has 2 heteroatoms. The Morgan fingerprint density at radius 2 is 0.935 bits per heavy atom. The van der Waals surface area contributed by atoms with E-state index >= 15 is 0 Å². The summed E-state index contributed by atoms with van der Waals surface area (Å²) < 4.78 is 7.32. The van der Waals surface area contributed by atoms with Crippen LogP contribution in [0.15, 0.2) is 138 Å². The van der Waals surface area contributed by atoms with Crippen LogP contribution in [0.4, 0.5) is 17.1 Å². The molecule has 10 rings (SSSR count). The van der Waals surface area contributed by atoms with Gasteiger partial charge in [0.2, 0.25) is 0 Å². The molecule has 312 valence electrons. The molecule has 0 fully saturated rings. The Bertz CT molecular complexity index is 3100. The zero-order valence-corrected chi connectivity index (χ0v) is 39.1. The first-order valence-electron chi connectivity index (χ1n) is 22.6. The van der Waals surface area contributed by atoms with Crippen LogP contribution in [-0.2, 0) is 27.1 Å². The van der Waals surface area contributed by atoms with E-state index in [2.05, 4.69) is 228 Å². The quantitative estimate of drug-likeness (QED) is 0.176. The Morgan fingerprint density at radius 1 is 0.419 bits per heavy atom. The van der Waals surface area contributed by atoms with Gasteiger partial charge in [0.05, 0.1) is 5.69 Å². The first-order chi connectivity index (χ1) is 29.2. The average molecular weight is 812 g/mol. The fraction of sp³-hybridized carbons (Fsp3) is 0.300. The molecule has 1 aromatic heterocycles. The molecule has 0 N–H and O–H groups in total. The smallest absolute Gasteiger partial charge is 0.159 e. The zero-order valence-electron chi connectivity index (χ0n) is 39.1. The highest BCUT2D eigenvalue weighted by Crippen LogP contribution is 2.55. The largest absolute Gasteiger partial charge is 0.453 e. The van der Waals surface area contributed by atoms with Gasteiger partial charge in [-0.1, -0.05) is 193 Å². The van der Waals surface area contributed by atoms with Crippen molar-refractivity contribution in [2.75, 3.05) is 4.90 Å². The first-order valence-corrected chi connectivity index (χ1v) is 22.6. The van der Waals surface area contributed by atoms with Gasteiger partial charge in [-0.3, -0.25) is 0 Å². The number of nitrogens with zero attached hydrogens (tertiary/aromatic N) is 1. The number of hydrogen-bond donors (Lipinski definition) is 0. The third kappa shape index (κ3) is 6.04. The normalized spacial score (nSPS) is 15.1. The lowest BCUT2D eigenvalue weighted by molar-refractivity contribution is 0.569. The van der Waals surface area contributed by atoms with Gasteiger partial charge in [0, 0.05) is 38.5 Å². The SMILES string of the molecule is CC(C)(C)c1cc(-c2cccc3c2oc2c(N(c4ccc5c(c4)C(C)(C)c4ccccc4-5)c4ccc5c(c4)C(C)(C)c4cccc(C(C)(C)C)c4-5)cccc23)cc(C(C)(C)C)c1. The number of benzene rings is 7. The maximum atomic E-state index is 7.32. The van der Waals surface area contributed by atoms with Gasteiger partial charge in [0.15, 0.2) is 5.58 Å². The third-order valence-electron chi connectivity index (χ3n) is 14.3. The van der Waals surface area contributed by atoms with E-state index in [0.717, 1.165) is 44.6 Å². The lowest BCUT2D eigenvalue weighted by atomic mass is 9.79. The van der Waals surface area contributed by atoms with Gasteiger partial charge in [-0.05, 0) is 113 Å². The number of anilines is 3. The fourth-order valence-electron chi connectivity index (χ4n) is 10.7. The highest BCUT2D eigenvalue weighted by molar-refractivity contribution is 6.13. The molecule has 0 spiro atoms. The topological polar surface area (TPSA) is 16.4 Å². The molecule has 0 unspecified atom stereocenters. The summed E-state index contributed by atoms with van der Waals surface area (Å²) in [4.78, 5) is 2.46. The summed E-state index contributed by atoms with van der Waals surface area (Å²) in [5.74, 6) is 0. The van der Waals surface area contributed by atoms with Gasteiger partial charge in [-0.2, -0.15) is 0 Å². The molecule has 0 aliphatic heterocycles. The number of fused-ring (bicyclic) bond motifs is 9. The van der Waals surface area contributed by atoms with Crippen molar-refractivity contribution >= 4 is 39.0 Å². The molecule has 0 saturated carbocycles. The van der Waals surface area contributed by atoms with Crippen molar-refractivity contribution in [1.82, 2.24) is 0 Å². The number of rotatable bonds is 4. The maximum Gasteiger partial charge on any atom is 0.159 e. The van der Waals surface area contributed by atoms with Gasteiger partial charge >= 0.3 is 0 Å². The predicted octanol–water partition coefficient (Wildman–Crippen LogP) is 17.2. The van der Waals surface area contributed by atoms with Crippen molar-refractivity contribution in [3.8, 4) is 33.4 Å². The Labute approximate surface area is 369 Å². The fourth-order valence-corrected chi connectivity index (χ4v) is 10.7. The summed E-state index contributed by atoms with van der Waals surface area (Å²) >= 11 is 0. The summed E-state index contributed by atoms with van der Waals surface area (Å²) in [6.45, 7) is 30.4. The molecule has 0 saturated heterocycles. The Morgan fingerprint density at radius 3 is 1.58 bits per heavy atom. The molecule has 0 amide bonds. The van der Waals surface area contributed by atoms with Crippen LogP contribution in [0.25, 0.3) is 55.3 Å². The molecule has 1 heterocycles. The number of furan rings is 1. The molecule has 2 aliphatic carbocycles. The highest BCUT2D eigenvalue weighted by atomic mass is 16.3. The van der Waals surface area contributed by atoms with Crippen LogP contribution in [0.2, 0.25) is 0 Å². The standard InChI is InChI=1S/C60H61NO/c1-56(2,3)37-31-36(32-38(33-37)57(4,5)6)41-20-16-21-44-45-22-17-26-52(55(45)62-54(41)44)61(39-27-29-43-42-19-14-15-23-47(42)59(10,11)50(43)34-39)40-28-30-46-51(35-40)60(12,13)49-25-18-24-48(53(46)49)58(7,8)9/h14-35H,1-13H3. The van der Waals surface area contributed by atoms with E-state index < -0.39 is 0 Å². The van der Waals surface area contributed by atoms with Crippen LogP contribution in [0.5, 0.6) is 0 Å². The van der Waals surface area contributed by atoms with Crippen molar-refractivity contribution in [2.24, 2.45) is 0 Å². The molecular formula is C60H61NO. The van der Waals surface area contributed by atoms with Crippen LogP contribution in [0.1, 0.15) is 129 Å². The zero-order chi connectivity index (χ0) is 43.9. The Balaban J connectivity index is 1.22. The van der Waals surface area contributed by atoms with E-state index in [1.165, 1.54) is 66.8 Å². The van der Waals surface area contributed by atoms with Crippen molar-refractivity contribution in [3.05, 3.63) is 172 Å². The van der Waals surface area contributed by atoms with E-state index in [1.807, 2.05) is 0 Å². The summed E-state index contributed by atoms with van der Waals surface area (Å²) in [5.41, 5.74) is 22.0. The van der Waals surface area contributed by atoms with Crippen molar-refractivity contribution in [3.63, 3.8) is 0 Å². The molecule has 0 bridgehead atoms. The van der Waals surface area contributed by atoms with E-state index in [9.17, 15) is 0 Å². The minimum atomic E-state index is -0.178.